The van der Waals surface area contributed by atoms with Gasteiger partial charge in [0.25, 0.3) is 11.8 Å². The fourth-order valence-corrected chi connectivity index (χ4v) is 4.47. The van der Waals surface area contributed by atoms with E-state index in [0.29, 0.717) is 21.2 Å². The smallest absolute Gasteiger partial charge is 0.347 e. The van der Waals surface area contributed by atoms with Gasteiger partial charge < -0.3 is 18.9 Å². The molecule has 0 N–H and O–H groups in total. The number of esters is 4. The molecule has 0 spiro atoms. The van der Waals surface area contributed by atoms with E-state index in [0.717, 1.165) is 23.6 Å². The Kier molecular flexibility index (Phi) is 10.9. The van der Waals surface area contributed by atoms with Crippen molar-refractivity contribution in [2.75, 3.05) is 13.1 Å². The number of aliphatic imine (C=N–C) groups is 1. The number of benzene rings is 1. The van der Waals surface area contributed by atoms with Gasteiger partial charge in [-0.1, -0.05) is 0 Å². The molecule has 1 saturated heterocycles. The van der Waals surface area contributed by atoms with Gasteiger partial charge in [-0.15, -0.1) is 0 Å². The number of aromatic nitrogens is 2. The molecule has 230 valence electrons. The van der Waals surface area contributed by atoms with Crippen molar-refractivity contribution in [1.29, 1.82) is 0 Å². The number of carbonyl (C=O) groups is 6. The monoisotopic (exact) mass is 663 g/mol. The number of nitrogens with zero attached hydrogens (tertiary/aromatic N) is 5. The summed E-state index contributed by atoms with van der Waals surface area (Å²) in [5.41, 5.74) is 1.33. The standard InChI is InChI=1S/C27H30BrN5O10/c1-13(42-25(38)15(3)40-17(5)34)23(36)32-11-12-33(24(37)14(2)43-26(39)16(4)41-18(6)35)27(32)31-19-7-8-20-22(21(19)28)30-10-9-29-20/h7-10,13-16H,11-12H2,1-6H3/t13-,14-,15-,16-/m0/s1. The van der Waals surface area contributed by atoms with Crippen LogP contribution in [0.2, 0.25) is 0 Å². The summed E-state index contributed by atoms with van der Waals surface area (Å²) in [7, 11) is 0. The van der Waals surface area contributed by atoms with Crippen molar-refractivity contribution in [3.8, 4) is 0 Å². The molecule has 43 heavy (non-hydrogen) atoms. The van der Waals surface area contributed by atoms with Crippen molar-refractivity contribution in [3.63, 3.8) is 0 Å². The average Bonchev–Trinajstić information content (AvgIpc) is 3.36. The number of hydrogen-bond donors (Lipinski definition) is 0. The molecular formula is C27H30BrN5O10. The van der Waals surface area contributed by atoms with Crippen LogP contribution in [-0.4, -0.2) is 98.9 Å². The summed E-state index contributed by atoms with van der Waals surface area (Å²) in [5, 5.41) is 0. The fraction of sp³-hybridized carbons (Fsp3) is 0.444. The topological polar surface area (TPSA) is 184 Å². The van der Waals surface area contributed by atoms with Gasteiger partial charge in [-0.25, -0.2) is 14.6 Å². The minimum absolute atomic E-state index is 0.0413. The number of hydrogen-bond acceptors (Lipinski definition) is 13. The second-order valence-electron chi connectivity index (χ2n) is 9.38. The van der Waals surface area contributed by atoms with Gasteiger partial charge in [0.2, 0.25) is 5.96 Å². The largest absolute Gasteiger partial charge is 0.451 e. The molecule has 0 radical (unpaired) electrons. The minimum Gasteiger partial charge on any atom is -0.451 e. The predicted octanol–water partition coefficient (Wildman–Crippen LogP) is 1.82. The lowest BCUT2D eigenvalue weighted by Crippen LogP contribution is -2.48. The van der Waals surface area contributed by atoms with Crippen molar-refractivity contribution in [1.82, 2.24) is 19.8 Å². The Morgan fingerprint density at radius 3 is 1.67 bits per heavy atom. The highest BCUT2D eigenvalue weighted by molar-refractivity contribution is 9.10. The molecule has 1 fully saturated rings. The van der Waals surface area contributed by atoms with Crippen LogP contribution >= 0.6 is 15.9 Å². The maximum absolute atomic E-state index is 13.5. The van der Waals surface area contributed by atoms with Gasteiger partial charge in [0.05, 0.1) is 15.7 Å². The van der Waals surface area contributed by atoms with Crippen molar-refractivity contribution in [2.24, 2.45) is 4.99 Å². The van der Waals surface area contributed by atoms with Gasteiger partial charge in [-0.05, 0) is 55.8 Å². The average molecular weight is 664 g/mol. The fourth-order valence-electron chi connectivity index (χ4n) is 3.94. The van der Waals surface area contributed by atoms with Gasteiger partial charge in [0, 0.05) is 39.3 Å². The molecule has 1 aromatic heterocycles. The molecule has 16 heteroatoms. The van der Waals surface area contributed by atoms with Crippen molar-refractivity contribution >= 4 is 74.3 Å². The lowest BCUT2D eigenvalue weighted by Gasteiger charge is -2.25. The van der Waals surface area contributed by atoms with E-state index < -0.39 is 60.1 Å². The van der Waals surface area contributed by atoms with Crippen LogP contribution in [0.25, 0.3) is 11.0 Å². The third kappa shape index (κ3) is 8.09. The first-order valence-electron chi connectivity index (χ1n) is 13.1. The Balaban J connectivity index is 1.94. The number of carbonyl (C=O) groups excluding carboxylic acids is 6. The van der Waals surface area contributed by atoms with Gasteiger partial charge in [-0.3, -0.25) is 38.9 Å². The molecule has 2 heterocycles. The van der Waals surface area contributed by atoms with Crippen molar-refractivity contribution < 1.29 is 47.7 Å². The lowest BCUT2D eigenvalue weighted by atomic mass is 10.2. The number of fused-ring (bicyclic) bond motifs is 1. The summed E-state index contributed by atoms with van der Waals surface area (Å²) in [6, 6.07) is 3.26. The van der Waals surface area contributed by atoms with Crippen LogP contribution in [0.5, 0.6) is 0 Å². The predicted molar refractivity (Wildman–Crippen MR) is 151 cm³/mol. The molecule has 3 rings (SSSR count). The summed E-state index contributed by atoms with van der Waals surface area (Å²) in [5.74, 6) is -4.86. The number of rotatable bonds is 9. The third-order valence-electron chi connectivity index (χ3n) is 5.97. The Morgan fingerprint density at radius 1 is 0.744 bits per heavy atom. The molecule has 2 aromatic rings. The van der Waals surface area contributed by atoms with E-state index in [1.807, 2.05) is 0 Å². The Labute approximate surface area is 254 Å². The Morgan fingerprint density at radius 2 is 1.21 bits per heavy atom. The third-order valence-corrected chi connectivity index (χ3v) is 6.75. The van der Waals surface area contributed by atoms with Crippen LogP contribution in [0.15, 0.2) is 34.0 Å². The highest BCUT2D eigenvalue weighted by Gasteiger charge is 2.41. The normalized spacial score (nSPS) is 15.7. The summed E-state index contributed by atoms with van der Waals surface area (Å²) < 4.78 is 20.5. The summed E-state index contributed by atoms with van der Waals surface area (Å²) >= 11 is 3.46. The van der Waals surface area contributed by atoms with E-state index in [2.05, 4.69) is 30.9 Å². The maximum Gasteiger partial charge on any atom is 0.347 e. The number of halogens is 1. The molecule has 2 amide bonds. The molecule has 0 bridgehead atoms. The first-order chi connectivity index (χ1) is 20.2. The molecule has 0 aliphatic carbocycles. The molecule has 0 saturated carbocycles. The molecule has 1 aliphatic rings. The van der Waals surface area contributed by atoms with E-state index in [-0.39, 0.29) is 19.0 Å². The van der Waals surface area contributed by atoms with E-state index >= 15 is 0 Å². The van der Waals surface area contributed by atoms with Crippen molar-refractivity contribution in [2.45, 2.75) is 66.0 Å². The number of ether oxygens (including phenoxy) is 4. The van der Waals surface area contributed by atoms with Crippen LogP contribution in [0.4, 0.5) is 5.69 Å². The molecule has 4 atom stereocenters. The highest BCUT2D eigenvalue weighted by atomic mass is 79.9. The SMILES string of the molecule is CC(=O)O[C@@H](C)C(=O)O[C@@H](C)C(=O)N1CCN(C(=O)[C@H](C)OC(=O)[C@H](C)OC(C)=O)C1=Nc1ccc2nccnc2c1Br. The summed E-state index contributed by atoms with van der Waals surface area (Å²) in [6.45, 7) is 7.42. The number of guanidine groups is 1. The number of amides is 2. The zero-order valence-electron chi connectivity index (χ0n) is 24.2. The van der Waals surface area contributed by atoms with E-state index in [9.17, 15) is 28.8 Å². The van der Waals surface area contributed by atoms with Gasteiger partial charge >= 0.3 is 23.9 Å². The first-order valence-corrected chi connectivity index (χ1v) is 13.9. The van der Waals surface area contributed by atoms with Gasteiger partial charge in [0.1, 0.15) is 5.52 Å². The van der Waals surface area contributed by atoms with E-state index in [1.165, 1.54) is 40.1 Å². The van der Waals surface area contributed by atoms with E-state index in [4.69, 9.17) is 18.9 Å². The second kappa shape index (κ2) is 14.1. The highest BCUT2D eigenvalue weighted by Crippen LogP contribution is 2.32. The van der Waals surface area contributed by atoms with Gasteiger partial charge in [0.15, 0.2) is 24.4 Å². The summed E-state index contributed by atoms with van der Waals surface area (Å²) in [4.78, 5) is 89.5. The quantitative estimate of drug-likeness (QED) is 0.280. The van der Waals surface area contributed by atoms with Crippen molar-refractivity contribution in [3.05, 3.63) is 29.0 Å². The molecule has 15 nitrogen and oxygen atoms in total. The zero-order chi connectivity index (χ0) is 32.0. The summed E-state index contributed by atoms with van der Waals surface area (Å²) in [6.07, 6.45) is -2.19. The molecule has 0 unspecified atom stereocenters. The first kappa shape index (κ1) is 33.0. The van der Waals surface area contributed by atoms with Crippen LogP contribution < -0.4 is 0 Å². The lowest BCUT2D eigenvalue weighted by molar-refractivity contribution is -0.171. The Hall–Kier alpha value is -4.47. The van der Waals surface area contributed by atoms with Crippen LogP contribution in [-0.2, 0) is 47.7 Å². The van der Waals surface area contributed by atoms with E-state index in [1.54, 1.807) is 12.1 Å². The molecular weight excluding hydrogens is 634 g/mol. The van der Waals surface area contributed by atoms with Crippen LogP contribution in [0.3, 0.4) is 0 Å². The zero-order valence-corrected chi connectivity index (χ0v) is 25.8. The molecule has 1 aliphatic heterocycles. The van der Waals surface area contributed by atoms with Crippen LogP contribution in [0.1, 0.15) is 41.5 Å². The second-order valence-corrected chi connectivity index (χ2v) is 10.2. The minimum atomic E-state index is -1.35. The van der Waals surface area contributed by atoms with Crippen LogP contribution in [0, 0.1) is 0 Å². The maximum atomic E-state index is 13.5. The Bertz CT molecular complexity index is 1420. The molecule has 1 aromatic carbocycles. The van der Waals surface area contributed by atoms with Gasteiger partial charge in [-0.2, -0.15) is 0 Å².